The van der Waals surface area contributed by atoms with Gasteiger partial charge in [0, 0.05) is 0 Å². The molecule has 0 atom stereocenters. The van der Waals surface area contributed by atoms with Crippen LogP contribution in [0.2, 0.25) is 0 Å². The molecule has 0 aliphatic carbocycles. The van der Waals surface area contributed by atoms with Gasteiger partial charge in [0.25, 0.3) is 5.56 Å². The van der Waals surface area contributed by atoms with Crippen LogP contribution in [0.5, 0.6) is 0 Å². The molecular formula is C9H7FN2OS. The van der Waals surface area contributed by atoms with E-state index in [2.05, 4.69) is 9.97 Å². The molecule has 0 unspecified atom stereocenters. The van der Waals surface area contributed by atoms with Gasteiger partial charge in [0.1, 0.15) is 5.82 Å². The van der Waals surface area contributed by atoms with E-state index < -0.39 is 5.82 Å². The summed E-state index contributed by atoms with van der Waals surface area (Å²) in [6, 6.07) is 2.87. The minimum Gasteiger partial charge on any atom is -0.329 e. The summed E-state index contributed by atoms with van der Waals surface area (Å²) in [5.41, 5.74) is 0.522. The second-order valence-corrected chi connectivity index (χ2v) is 3.43. The Morgan fingerprint density at radius 1 is 1.36 bits per heavy atom. The Labute approximate surface area is 83.6 Å². The maximum Gasteiger partial charge on any atom is 0.259 e. The van der Waals surface area contributed by atoms with Crippen LogP contribution in [0.1, 0.15) is 5.56 Å². The minimum absolute atomic E-state index is 0.131. The summed E-state index contributed by atoms with van der Waals surface area (Å²) >= 11 is 4.75. The quantitative estimate of drug-likeness (QED) is 0.654. The van der Waals surface area contributed by atoms with Gasteiger partial charge in [-0.1, -0.05) is 6.07 Å². The van der Waals surface area contributed by atoms with Crippen molar-refractivity contribution >= 4 is 23.1 Å². The van der Waals surface area contributed by atoms with Crippen molar-refractivity contribution in [1.29, 1.82) is 0 Å². The maximum atomic E-state index is 13.3. The van der Waals surface area contributed by atoms with Crippen LogP contribution in [-0.4, -0.2) is 9.97 Å². The summed E-state index contributed by atoms with van der Waals surface area (Å²) in [4.78, 5) is 16.5. The lowest BCUT2D eigenvalue weighted by Crippen LogP contribution is -2.10. The molecule has 0 radical (unpaired) electrons. The van der Waals surface area contributed by atoms with E-state index in [9.17, 15) is 9.18 Å². The molecule has 1 aromatic heterocycles. The highest BCUT2D eigenvalue weighted by Crippen LogP contribution is 2.14. The molecule has 14 heavy (non-hydrogen) atoms. The lowest BCUT2D eigenvalue weighted by molar-refractivity contribution is 0.636. The van der Waals surface area contributed by atoms with Gasteiger partial charge in [-0.25, -0.2) is 4.39 Å². The zero-order valence-electron chi connectivity index (χ0n) is 7.35. The van der Waals surface area contributed by atoms with E-state index in [1.54, 1.807) is 13.0 Å². The number of H-pyrrole nitrogens is 2. The smallest absolute Gasteiger partial charge is 0.259 e. The van der Waals surface area contributed by atoms with E-state index in [1.807, 2.05) is 0 Å². The summed E-state index contributed by atoms with van der Waals surface area (Å²) in [7, 11) is 0. The molecule has 1 heterocycles. The highest BCUT2D eigenvalue weighted by Gasteiger charge is 2.06. The van der Waals surface area contributed by atoms with Gasteiger partial charge in [-0.3, -0.25) is 9.78 Å². The number of nitrogens with one attached hydrogen (secondary N) is 2. The zero-order valence-corrected chi connectivity index (χ0v) is 8.17. The first-order valence-corrected chi connectivity index (χ1v) is 4.42. The Bertz CT molecular complexity index is 614. The molecule has 2 N–H and O–H groups in total. The predicted molar refractivity (Wildman–Crippen MR) is 54.4 cm³/mol. The van der Waals surface area contributed by atoms with Crippen molar-refractivity contribution in [2.24, 2.45) is 0 Å². The molecule has 0 saturated carbocycles. The Morgan fingerprint density at radius 2 is 2.07 bits per heavy atom. The second-order valence-electron chi connectivity index (χ2n) is 3.02. The zero-order chi connectivity index (χ0) is 10.3. The highest BCUT2D eigenvalue weighted by molar-refractivity contribution is 7.71. The van der Waals surface area contributed by atoms with E-state index in [-0.39, 0.29) is 15.8 Å². The van der Waals surface area contributed by atoms with Crippen molar-refractivity contribution in [3.8, 4) is 0 Å². The average Bonchev–Trinajstić information content (AvgIpc) is 2.10. The first kappa shape index (κ1) is 9.08. The Morgan fingerprint density at radius 3 is 2.79 bits per heavy atom. The number of aryl methyl sites for hydroxylation is 1. The molecule has 0 fully saturated rings. The normalized spacial score (nSPS) is 10.7. The third-order valence-electron chi connectivity index (χ3n) is 2.06. The number of benzene rings is 1. The molecular weight excluding hydrogens is 203 g/mol. The monoisotopic (exact) mass is 210 g/mol. The van der Waals surface area contributed by atoms with E-state index in [0.29, 0.717) is 10.9 Å². The number of aromatic nitrogens is 2. The number of rotatable bonds is 0. The minimum atomic E-state index is -0.470. The highest BCUT2D eigenvalue weighted by atomic mass is 32.1. The second kappa shape index (κ2) is 3.02. The van der Waals surface area contributed by atoms with Gasteiger partial charge in [0.15, 0.2) is 4.77 Å². The van der Waals surface area contributed by atoms with Crippen LogP contribution in [0, 0.1) is 17.5 Å². The van der Waals surface area contributed by atoms with Crippen LogP contribution in [0.15, 0.2) is 16.9 Å². The number of fused-ring (bicyclic) bond motifs is 1. The summed E-state index contributed by atoms with van der Waals surface area (Å²) in [6.07, 6.45) is 0. The van der Waals surface area contributed by atoms with Gasteiger partial charge in [-0.05, 0) is 30.8 Å². The molecule has 0 spiro atoms. The van der Waals surface area contributed by atoms with Crippen LogP contribution in [0.3, 0.4) is 0 Å². The van der Waals surface area contributed by atoms with Gasteiger partial charge in [-0.15, -0.1) is 0 Å². The third-order valence-corrected chi connectivity index (χ3v) is 2.26. The van der Waals surface area contributed by atoms with Gasteiger partial charge in [0.05, 0.1) is 10.9 Å². The molecule has 5 heteroatoms. The van der Waals surface area contributed by atoms with E-state index in [1.165, 1.54) is 6.07 Å². The fraction of sp³-hybridized carbons (Fsp3) is 0.111. The van der Waals surface area contributed by atoms with Crippen molar-refractivity contribution in [3.63, 3.8) is 0 Å². The van der Waals surface area contributed by atoms with Crippen LogP contribution in [0.25, 0.3) is 10.9 Å². The van der Waals surface area contributed by atoms with Crippen LogP contribution in [0.4, 0.5) is 4.39 Å². The number of aromatic amines is 2. The molecule has 0 aliphatic rings. The van der Waals surface area contributed by atoms with Crippen molar-refractivity contribution < 1.29 is 4.39 Å². The summed E-state index contributed by atoms with van der Waals surface area (Å²) < 4.78 is 13.4. The average molecular weight is 210 g/mol. The van der Waals surface area contributed by atoms with Crippen molar-refractivity contribution in [1.82, 2.24) is 9.97 Å². The Kier molecular flexibility index (Phi) is 1.96. The fourth-order valence-electron chi connectivity index (χ4n) is 1.41. The molecule has 0 bridgehead atoms. The SMILES string of the molecule is Cc1ccc(F)c2[nH]c(=S)[nH]c(=O)c12. The van der Waals surface area contributed by atoms with Gasteiger partial charge < -0.3 is 4.98 Å². The largest absolute Gasteiger partial charge is 0.329 e. The first-order valence-electron chi connectivity index (χ1n) is 4.01. The predicted octanol–water partition coefficient (Wildman–Crippen LogP) is 2.03. The fourth-order valence-corrected chi connectivity index (χ4v) is 1.60. The topological polar surface area (TPSA) is 48.6 Å². The third kappa shape index (κ3) is 1.26. The molecule has 2 aromatic rings. The van der Waals surface area contributed by atoms with Crippen LogP contribution < -0.4 is 5.56 Å². The number of hydrogen-bond acceptors (Lipinski definition) is 2. The number of halogens is 1. The van der Waals surface area contributed by atoms with Crippen molar-refractivity contribution in [2.75, 3.05) is 0 Å². The van der Waals surface area contributed by atoms with E-state index >= 15 is 0 Å². The van der Waals surface area contributed by atoms with Crippen LogP contribution >= 0.6 is 12.2 Å². The number of hydrogen-bond donors (Lipinski definition) is 2. The lowest BCUT2D eigenvalue weighted by atomic mass is 10.1. The van der Waals surface area contributed by atoms with Crippen molar-refractivity contribution in [3.05, 3.63) is 38.6 Å². The van der Waals surface area contributed by atoms with E-state index in [0.717, 1.165) is 0 Å². The summed E-state index contributed by atoms with van der Waals surface area (Å²) in [5, 5.41) is 0.318. The van der Waals surface area contributed by atoms with Crippen molar-refractivity contribution in [2.45, 2.75) is 6.92 Å². The maximum absolute atomic E-state index is 13.3. The van der Waals surface area contributed by atoms with Gasteiger partial charge in [-0.2, -0.15) is 0 Å². The van der Waals surface area contributed by atoms with E-state index in [4.69, 9.17) is 12.2 Å². The first-order chi connectivity index (χ1) is 6.59. The van der Waals surface area contributed by atoms with Gasteiger partial charge >= 0.3 is 0 Å². The summed E-state index contributed by atoms with van der Waals surface area (Å²) in [6.45, 7) is 1.74. The van der Waals surface area contributed by atoms with Crippen LogP contribution in [-0.2, 0) is 0 Å². The molecule has 3 nitrogen and oxygen atoms in total. The van der Waals surface area contributed by atoms with Gasteiger partial charge in [0.2, 0.25) is 0 Å². The standard InChI is InChI=1S/C9H7FN2OS/c1-4-2-3-5(10)7-6(4)8(13)12-9(14)11-7/h2-3H,1H3,(H2,11,12,13,14). The lowest BCUT2D eigenvalue weighted by Gasteiger charge is -2.01. The molecule has 0 saturated heterocycles. The summed E-state index contributed by atoms with van der Waals surface area (Å²) in [5.74, 6) is -0.470. The molecule has 0 aliphatic heterocycles. The molecule has 1 aromatic carbocycles. The Hall–Kier alpha value is -1.49. The Balaban J connectivity index is 3.16. The molecule has 0 amide bonds. The molecule has 2 rings (SSSR count). The molecule has 72 valence electrons.